The molecule has 10 unspecified atom stereocenters. The van der Waals surface area contributed by atoms with E-state index in [1.807, 2.05) is 32.0 Å². The second-order valence-corrected chi connectivity index (χ2v) is 26.5. The van der Waals surface area contributed by atoms with Crippen LogP contribution in [0.5, 0.6) is 0 Å². The number of benzene rings is 4. The van der Waals surface area contributed by atoms with E-state index in [2.05, 4.69) is 62.8 Å². The van der Waals surface area contributed by atoms with Crippen molar-refractivity contribution in [1.82, 2.24) is 67.7 Å². The molecule has 2 aliphatic heterocycles. The summed E-state index contributed by atoms with van der Waals surface area (Å²) in [6, 6.07) is 15.7. The molecule has 3 aromatic heterocycles. The van der Waals surface area contributed by atoms with Crippen LogP contribution in [-0.2, 0) is 83.2 Å². The fourth-order valence-corrected chi connectivity index (χ4v) is 13.0. The number of hydrogen-bond acceptors (Lipinski definition) is 13. The summed E-state index contributed by atoms with van der Waals surface area (Å²) in [4.78, 5) is 187. The van der Waals surface area contributed by atoms with Gasteiger partial charge in [-0.1, -0.05) is 113 Å². The van der Waals surface area contributed by atoms with Gasteiger partial charge in [0.15, 0.2) is 0 Å². The van der Waals surface area contributed by atoms with Gasteiger partial charge in [-0.15, -0.1) is 0 Å². The van der Waals surface area contributed by atoms with Gasteiger partial charge in [0, 0.05) is 89.9 Å². The predicted octanol–water partition coefficient (Wildman–Crippen LogP) is 1.35. The summed E-state index contributed by atoms with van der Waals surface area (Å²) in [6.07, 6.45) is 3.17. The number of nitrogens with zero attached hydrogens (tertiary/aromatic N) is 1. The number of hydrogen-bond donors (Lipinski definition) is 15. The number of carbonyl (C=O) groups is 12. The molecule has 28 heteroatoms. The minimum Gasteiger partial charge on any atom is -0.370 e. The first-order valence-corrected chi connectivity index (χ1v) is 33.9. The van der Waals surface area contributed by atoms with Crippen LogP contribution < -0.4 is 65.1 Å². The Labute approximate surface area is 577 Å². The lowest BCUT2D eigenvalue weighted by atomic mass is 9.98. The Kier molecular flexibility index (Phi) is 25.0. The van der Waals surface area contributed by atoms with Crippen molar-refractivity contribution in [3.63, 3.8) is 0 Å². The summed E-state index contributed by atoms with van der Waals surface area (Å²) in [5, 5.41) is 26.9. The third-order valence-electron chi connectivity index (χ3n) is 18.2. The number of rotatable bonds is 19. The number of fused-ring (bicyclic) bond motifs is 4. The van der Waals surface area contributed by atoms with Gasteiger partial charge in [-0.25, -0.2) is 0 Å². The zero-order valence-electron chi connectivity index (χ0n) is 56.5. The minimum absolute atomic E-state index is 0.0199. The van der Waals surface area contributed by atoms with Crippen molar-refractivity contribution in [3.8, 4) is 0 Å². The van der Waals surface area contributed by atoms with Crippen molar-refractivity contribution in [2.24, 2.45) is 29.0 Å². The minimum atomic E-state index is -1.87. The van der Waals surface area contributed by atoms with Gasteiger partial charge >= 0.3 is 0 Å². The fraction of sp³-hybridized carbons (Fsp3) is 0.417. The Hall–Kier alpha value is -10.9. The van der Waals surface area contributed by atoms with Crippen molar-refractivity contribution in [2.75, 3.05) is 13.1 Å². The predicted molar refractivity (Wildman–Crippen MR) is 373 cm³/mol. The molecule has 0 spiro atoms. The van der Waals surface area contributed by atoms with E-state index in [1.165, 1.54) is 4.90 Å². The van der Waals surface area contributed by atoms with Crippen LogP contribution in [0.15, 0.2) is 122 Å². The summed E-state index contributed by atoms with van der Waals surface area (Å²) in [7, 11) is 0. The highest BCUT2D eigenvalue weighted by Gasteiger charge is 2.42. The van der Waals surface area contributed by atoms with Gasteiger partial charge in [-0.3, -0.25) is 57.5 Å². The molecule has 12 amide bonds. The Morgan fingerprint density at radius 1 is 0.450 bits per heavy atom. The average Bonchev–Trinajstić information content (AvgIpc) is 1.68. The highest BCUT2D eigenvalue weighted by atomic mass is 16.2. The first-order valence-electron chi connectivity index (χ1n) is 33.9. The van der Waals surface area contributed by atoms with Crippen LogP contribution >= 0.6 is 0 Å². The third-order valence-corrected chi connectivity index (χ3v) is 18.2. The van der Waals surface area contributed by atoms with Gasteiger partial charge < -0.3 is 84.9 Å². The second-order valence-electron chi connectivity index (χ2n) is 26.5. The van der Waals surface area contributed by atoms with Crippen LogP contribution in [0.1, 0.15) is 101 Å². The van der Waals surface area contributed by atoms with E-state index in [0.29, 0.717) is 61.4 Å². The summed E-state index contributed by atoms with van der Waals surface area (Å²) in [5.74, 6) is -11.6. The molecule has 10 atom stereocenters. The summed E-state index contributed by atoms with van der Waals surface area (Å²) in [5.41, 5.74) is 21.7. The SMILES string of the molecule is CC(C)CC1NC(=O)C(CCCN)NC(=O)C(C(C)C)NC(=O)C(Cc2c[nH]c3ccccc23)NC(=O)C(CCC(N)=O)NC(=O)C(CC(N)=O)NC(=O)C(Cc2c[nH]c3ccccc23)NC(=O)C(Cc2c[nH]c3ccccc23)NC(=O)C2CCCN2C(=O)C(Cc2ccccc2)NC1=O. The number of aromatic nitrogens is 3. The summed E-state index contributed by atoms with van der Waals surface area (Å²) in [6.45, 7) is 7.12. The largest absolute Gasteiger partial charge is 0.370 e. The molecule has 0 radical (unpaired) electrons. The van der Waals surface area contributed by atoms with Gasteiger partial charge in [0.2, 0.25) is 70.9 Å². The van der Waals surface area contributed by atoms with Crippen molar-refractivity contribution >= 4 is 104 Å². The van der Waals surface area contributed by atoms with Gasteiger partial charge in [0.25, 0.3) is 0 Å². The van der Waals surface area contributed by atoms with E-state index in [1.54, 1.807) is 117 Å². The third kappa shape index (κ3) is 19.1. The number of H-pyrrole nitrogens is 3. The zero-order valence-corrected chi connectivity index (χ0v) is 56.5. The topological polar surface area (TPSA) is 442 Å². The fourth-order valence-electron chi connectivity index (χ4n) is 13.0. The molecule has 28 nitrogen and oxygen atoms in total. The van der Waals surface area contributed by atoms with Crippen LogP contribution in [0.3, 0.4) is 0 Å². The van der Waals surface area contributed by atoms with E-state index < -0.39 is 156 Å². The molecule has 18 N–H and O–H groups in total. The van der Waals surface area contributed by atoms with Gasteiger partial charge in [-0.2, -0.15) is 0 Å². The maximum Gasteiger partial charge on any atom is 0.246 e. The maximum atomic E-state index is 15.4. The van der Waals surface area contributed by atoms with E-state index >= 15 is 24.0 Å². The van der Waals surface area contributed by atoms with Crippen molar-refractivity contribution < 1.29 is 57.5 Å². The molecular weight excluding hydrogens is 1280 g/mol. The second kappa shape index (κ2) is 34.1. The van der Waals surface area contributed by atoms with Crippen LogP contribution in [0, 0.1) is 11.8 Å². The molecule has 4 aromatic carbocycles. The van der Waals surface area contributed by atoms with Crippen LogP contribution in [-0.4, -0.2) is 164 Å². The van der Waals surface area contributed by atoms with Crippen molar-refractivity contribution in [1.29, 1.82) is 0 Å². The number of nitrogens with two attached hydrogens (primary N) is 3. The molecule has 2 fully saturated rings. The zero-order chi connectivity index (χ0) is 71.7. The number of aromatic amines is 3. The number of amides is 12. The molecule has 0 saturated carbocycles. The highest BCUT2D eigenvalue weighted by molar-refractivity contribution is 6.01. The molecule has 2 aliphatic rings. The Morgan fingerprint density at radius 2 is 0.860 bits per heavy atom. The van der Waals surface area contributed by atoms with E-state index in [9.17, 15) is 33.6 Å². The molecule has 9 rings (SSSR count). The number of primary amides is 2. The number of nitrogens with one attached hydrogen (secondary N) is 12. The molecular formula is C72H90N16O12. The van der Waals surface area contributed by atoms with Crippen LogP contribution in [0.4, 0.5) is 0 Å². The molecule has 530 valence electrons. The summed E-state index contributed by atoms with van der Waals surface area (Å²) < 4.78 is 0. The van der Waals surface area contributed by atoms with Crippen LogP contribution in [0.25, 0.3) is 32.7 Å². The maximum absolute atomic E-state index is 15.4. The van der Waals surface area contributed by atoms with Crippen molar-refractivity contribution in [2.45, 2.75) is 165 Å². The van der Waals surface area contributed by atoms with Gasteiger partial charge in [-0.05, 0) is 97.4 Å². The lowest BCUT2D eigenvalue weighted by molar-refractivity contribution is -0.142. The standard InChI is InChI=1S/C72H90N16O12/c1-39(2)30-53-65(93)86-58(31-41-16-6-5-7-17-41)72(100)88-29-15-25-59(88)70(98)85-55(33-43-37-77-49-22-12-9-19-46(43)49)67(95)83-54(32-42-36-76-48-21-11-8-18-45(42)48)66(94)84-57(35-61(75)90)68(96)79-52(26-27-60(74)89)64(92)82-56(34-44-38-78-50-23-13-10-20-47(44)50)69(97)87-62(40(3)4)71(99)80-51(24-14-28-73)63(91)81-53/h5-13,16-23,36-40,51-59,62,76-78H,14-15,24-35,73H2,1-4H3,(H2,74,89)(H2,75,90)(H,79,96)(H,80,99)(H,81,91)(H,82,92)(H,83,95)(H,84,94)(H,85,98)(H,86,93)(H,87,97). The highest BCUT2D eigenvalue weighted by Crippen LogP contribution is 2.26. The molecule has 100 heavy (non-hydrogen) atoms. The molecule has 0 aliphatic carbocycles. The number of para-hydroxylation sites is 3. The lowest BCUT2D eigenvalue weighted by Gasteiger charge is -2.32. The van der Waals surface area contributed by atoms with Crippen LogP contribution in [0.2, 0.25) is 0 Å². The molecule has 2 saturated heterocycles. The van der Waals surface area contributed by atoms with Crippen molar-refractivity contribution in [3.05, 3.63) is 144 Å². The molecule has 7 aromatic rings. The first-order chi connectivity index (χ1) is 47.9. The summed E-state index contributed by atoms with van der Waals surface area (Å²) >= 11 is 0. The quantitative estimate of drug-likeness (QED) is 0.0545. The monoisotopic (exact) mass is 1370 g/mol. The Bertz CT molecular complexity index is 4130. The average molecular weight is 1370 g/mol. The first kappa shape index (κ1) is 73.3. The van der Waals surface area contributed by atoms with E-state index in [0.717, 1.165) is 0 Å². The van der Waals surface area contributed by atoms with E-state index in [4.69, 9.17) is 17.2 Å². The smallest absolute Gasteiger partial charge is 0.246 e. The molecule has 0 bridgehead atoms. The Balaban J connectivity index is 1.13. The van der Waals surface area contributed by atoms with Gasteiger partial charge in [0.1, 0.15) is 60.4 Å². The normalized spacial score (nSPS) is 23.2. The van der Waals surface area contributed by atoms with Gasteiger partial charge in [0.05, 0.1) is 6.42 Å². The van der Waals surface area contributed by atoms with E-state index in [-0.39, 0.29) is 70.4 Å². The number of carbonyl (C=O) groups excluding carboxylic acids is 12. The molecule has 5 heterocycles. The lowest BCUT2D eigenvalue weighted by Crippen LogP contribution is -2.62. The Morgan fingerprint density at radius 3 is 1.35 bits per heavy atom.